The van der Waals surface area contributed by atoms with Crippen LogP contribution >= 0.6 is 0 Å². The summed E-state index contributed by atoms with van der Waals surface area (Å²) in [5.74, 6) is 0. The van der Waals surface area contributed by atoms with Crippen molar-refractivity contribution in [3.8, 4) is 11.3 Å². The summed E-state index contributed by atoms with van der Waals surface area (Å²) in [7, 11) is 0. The lowest BCUT2D eigenvalue weighted by Crippen LogP contribution is -2.11. The molecule has 0 aliphatic rings. The van der Waals surface area contributed by atoms with Gasteiger partial charge in [0.1, 0.15) is 0 Å². The first kappa shape index (κ1) is 33.5. The molecule has 0 saturated carbocycles. The van der Waals surface area contributed by atoms with Crippen molar-refractivity contribution >= 4 is 88.2 Å². The van der Waals surface area contributed by atoms with E-state index in [1.807, 2.05) is 24.4 Å². The fraction of sp³-hybridized carbons (Fsp3) is 0. The van der Waals surface area contributed by atoms with Gasteiger partial charge in [-0.25, -0.2) is 4.98 Å². The normalized spacial score (nSPS) is 11.4. The summed E-state index contributed by atoms with van der Waals surface area (Å²) >= 11 is 0. The van der Waals surface area contributed by atoms with Crippen LogP contribution in [0.2, 0.25) is 0 Å². The SMILES string of the molecule is c1ccc(-c2cnc3c4ccc(N(c5ccccc5)c5cccc6ccccc56)cc4c4cc(N(c5ccccc5)c5cccc6ccccc56)ccc4c3n2)cc1. The first-order chi connectivity index (χ1) is 28.8. The topological polar surface area (TPSA) is 32.3 Å². The van der Waals surface area contributed by atoms with Gasteiger partial charge >= 0.3 is 0 Å². The molecule has 0 aliphatic carbocycles. The van der Waals surface area contributed by atoms with Gasteiger partial charge in [0.05, 0.1) is 34.3 Å². The molecule has 11 rings (SSSR count). The Kier molecular flexibility index (Phi) is 8.11. The molecule has 0 aliphatic heterocycles. The second-order valence-corrected chi connectivity index (χ2v) is 14.6. The number of hydrogen-bond donors (Lipinski definition) is 0. The number of nitrogens with zero attached hydrogens (tertiary/aromatic N) is 4. The summed E-state index contributed by atoms with van der Waals surface area (Å²) in [6.07, 6.45) is 1.91. The maximum absolute atomic E-state index is 5.36. The third-order valence-electron chi connectivity index (χ3n) is 11.2. The van der Waals surface area contributed by atoms with Crippen LogP contribution in [0.25, 0.3) is 65.4 Å². The van der Waals surface area contributed by atoms with Crippen LogP contribution in [0.4, 0.5) is 34.1 Å². The molecular weight excluding hydrogens is 705 g/mol. The van der Waals surface area contributed by atoms with Crippen molar-refractivity contribution < 1.29 is 0 Å². The fourth-order valence-corrected chi connectivity index (χ4v) is 8.54. The van der Waals surface area contributed by atoms with Gasteiger partial charge in [0.25, 0.3) is 0 Å². The number of anilines is 6. The van der Waals surface area contributed by atoms with Crippen LogP contribution < -0.4 is 9.80 Å². The molecular formula is C54H36N4. The summed E-state index contributed by atoms with van der Waals surface area (Å²) in [6, 6.07) is 75.6. The van der Waals surface area contributed by atoms with Gasteiger partial charge in [-0.1, -0.05) is 152 Å². The highest BCUT2D eigenvalue weighted by atomic mass is 15.1. The third kappa shape index (κ3) is 5.70. The number of aromatic nitrogens is 2. The van der Waals surface area contributed by atoms with Gasteiger partial charge in [0, 0.05) is 49.9 Å². The van der Waals surface area contributed by atoms with Gasteiger partial charge in [-0.05, 0) is 82.2 Å². The van der Waals surface area contributed by atoms with Crippen LogP contribution in [-0.2, 0) is 0 Å². The molecule has 0 atom stereocenters. The molecule has 10 aromatic carbocycles. The second-order valence-electron chi connectivity index (χ2n) is 14.6. The molecule has 1 heterocycles. The maximum atomic E-state index is 5.36. The van der Waals surface area contributed by atoms with E-state index in [2.05, 4.69) is 204 Å². The van der Waals surface area contributed by atoms with E-state index in [1.54, 1.807) is 0 Å². The van der Waals surface area contributed by atoms with E-state index >= 15 is 0 Å². The molecule has 0 amide bonds. The second kappa shape index (κ2) is 14.0. The zero-order valence-electron chi connectivity index (χ0n) is 31.6. The van der Waals surface area contributed by atoms with Crippen molar-refractivity contribution in [3.63, 3.8) is 0 Å². The zero-order valence-corrected chi connectivity index (χ0v) is 31.6. The molecule has 0 fully saturated rings. The molecule has 272 valence electrons. The van der Waals surface area contributed by atoms with Crippen molar-refractivity contribution in [2.45, 2.75) is 0 Å². The summed E-state index contributed by atoms with van der Waals surface area (Å²) in [5.41, 5.74) is 10.2. The molecule has 0 N–H and O–H groups in total. The number of para-hydroxylation sites is 2. The van der Waals surface area contributed by atoms with E-state index in [9.17, 15) is 0 Å². The first-order valence-electron chi connectivity index (χ1n) is 19.7. The number of rotatable bonds is 7. The van der Waals surface area contributed by atoms with Gasteiger partial charge < -0.3 is 9.80 Å². The molecule has 58 heavy (non-hydrogen) atoms. The summed E-state index contributed by atoms with van der Waals surface area (Å²) < 4.78 is 0. The molecule has 4 nitrogen and oxygen atoms in total. The molecule has 0 saturated heterocycles. The average molecular weight is 741 g/mol. The lowest BCUT2D eigenvalue weighted by atomic mass is 9.97. The highest BCUT2D eigenvalue weighted by Gasteiger charge is 2.21. The van der Waals surface area contributed by atoms with Crippen molar-refractivity contribution in [2.75, 3.05) is 9.80 Å². The van der Waals surface area contributed by atoms with Gasteiger partial charge in [0.15, 0.2) is 0 Å². The number of benzene rings is 10. The summed E-state index contributed by atoms with van der Waals surface area (Å²) in [6.45, 7) is 0. The van der Waals surface area contributed by atoms with Crippen LogP contribution in [0.1, 0.15) is 0 Å². The summed E-state index contributed by atoms with van der Waals surface area (Å²) in [4.78, 5) is 15.3. The predicted molar refractivity (Wildman–Crippen MR) is 244 cm³/mol. The highest BCUT2D eigenvalue weighted by molar-refractivity contribution is 6.24. The molecule has 0 unspecified atom stereocenters. The van der Waals surface area contributed by atoms with Gasteiger partial charge in [-0.15, -0.1) is 0 Å². The van der Waals surface area contributed by atoms with E-state index in [-0.39, 0.29) is 0 Å². The average Bonchev–Trinajstić information content (AvgIpc) is 3.30. The Bertz CT molecular complexity index is 3280. The van der Waals surface area contributed by atoms with E-state index in [4.69, 9.17) is 9.97 Å². The fourth-order valence-electron chi connectivity index (χ4n) is 8.54. The molecule has 1 aromatic heterocycles. The van der Waals surface area contributed by atoms with E-state index in [0.29, 0.717) is 0 Å². The highest BCUT2D eigenvalue weighted by Crippen LogP contribution is 2.45. The molecule has 0 bridgehead atoms. The minimum absolute atomic E-state index is 0.849. The monoisotopic (exact) mass is 740 g/mol. The van der Waals surface area contributed by atoms with Crippen LogP contribution in [0, 0.1) is 0 Å². The van der Waals surface area contributed by atoms with Crippen molar-refractivity contribution in [2.24, 2.45) is 0 Å². The Morgan fingerprint density at radius 3 is 1.29 bits per heavy atom. The minimum atomic E-state index is 0.849. The Balaban J connectivity index is 1.21. The molecule has 0 radical (unpaired) electrons. The lowest BCUT2D eigenvalue weighted by Gasteiger charge is -2.28. The Hall–Kier alpha value is -7.82. The largest absolute Gasteiger partial charge is 0.310 e. The molecule has 4 heteroatoms. The van der Waals surface area contributed by atoms with E-state index in [1.165, 1.54) is 21.5 Å². The van der Waals surface area contributed by atoms with Crippen molar-refractivity contribution in [3.05, 3.63) is 219 Å². The zero-order chi connectivity index (χ0) is 38.4. The molecule has 11 aromatic rings. The smallest absolute Gasteiger partial charge is 0.0979 e. The maximum Gasteiger partial charge on any atom is 0.0979 e. The number of hydrogen-bond acceptors (Lipinski definition) is 4. The van der Waals surface area contributed by atoms with Crippen LogP contribution in [0.5, 0.6) is 0 Å². The Labute approximate surface area is 336 Å². The van der Waals surface area contributed by atoms with E-state index in [0.717, 1.165) is 78.0 Å². The Morgan fingerprint density at radius 1 is 0.310 bits per heavy atom. The third-order valence-corrected chi connectivity index (χ3v) is 11.2. The van der Waals surface area contributed by atoms with Crippen LogP contribution in [-0.4, -0.2) is 9.97 Å². The minimum Gasteiger partial charge on any atom is -0.310 e. The number of fused-ring (bicyclic) bond motifs is 8. The molecule has 0 spiro atoms. The standard InChI is InChI=1S/C54H36N4/c1-4-18-39(19-5-1)50-36-55-53-46-32-30-42(57(40-22-6-2-7-23-40)51-28-14-20-37-16-10-12-26-44(37)51)34-48(46)49-35-43(31-33-47(49)54(53)56-50)58(41-24-8-3-9-25-41)52-29-15-21-38-17-11-13-27-45(38)52/h1-36H. The lowest BCUT2D eigenvalue weighted by molar-refractivity contribution is 1.29. The first-order valence-corrected chi connectivity index (χ1v) is 19.7. The predicted octanol–water partition coefficient (Wildman–Crippen LogP) is 14.8. The van der Waals surface area contributed by atoms with Crippen molar-refractivity contribution in [1.29, 1.82) is 0 Å². The van der Waals surface area contributed by atoms with Crippen LogP contribution in [0.15, 0.2) is 219 Å². The summed E-state index contributed by atoms with van der Waals surface area (Å²) in [5, 5.41) is 9.08. The van der Waals surface area contributed by atoms with Crippen LogP contribution in [0.3, 0.4) is 0 Å². The van der Waals surface area contributed by atoms with Gasteiger partial charge in [-0.3, -0.25) is 4.98 Å². The quantitative estimate of drug-likeness (QED) is 0.152. The van der Waals surface area contributed by atoms with Gasteiger partial charge in [0.2, 0.25) is 0 Å². The van der Waals surface area contributed by atoms with Crippen molar-refractivity contribution in [1.82, 2.24) is 9.97 Å². The van der Waals surface area contributed by atoms with E-state index < -0.39 is 0 Å². The van der Waals surface area contributed by atoms with Gasteiger partial charge in [-0.2, -0.15) is 0 Å². The Morgan fingerprint density at radius 2 is 0.759 bits per heavy atom.